The van der Waals surface area contributed by atoms with Crippen molar-refractivity contribution in [2.24, 2.45) is 10.8 Å². The predicted molar refractivity (Wildman–Crippen MR) is 55.3 cm³/mol. The molecule has 0 N–H and O–H groups in total. The van der Waals surface area contributed by atoms with Crippen molar-refractivity contribution < 1.29 is 0 Å². The summed E-state index contributed by atoms with van der Waals surface area (Å²) in [5.41, 5.74) is 1.35. The second kappa shape index (κ2) is 3.40. The SMILES string of the molecule is CCC1(CC)CCC(C)(C)CC1. The summed E-state index contributed by atoms with van der Waals surface area (Å²) in [5, 5.41) is 0. The van der Waals surface area contributed by atoms with Crippen molar-refractivity contribution in [3.8, 4) is 0 Å². The van der Waals surface area contributed by atoms with Crippen molar-refractivity contribution in [1.82, 2.24) is 0 Å². The summed E-state index contributed by atoms with van der Waals surface area (Å²) in [6.07, 6.45) is 8.59. The molecule has 0 bridgehead atoms. The Morgan fingerprint density at radius 2 is 1.25 bits per heavy atom. The van der Waals surface area contributed by atoms with Crippen LogP contribution in [0.4, 0.5) is 0 Å². The summed E-state index contributed by atoms with van der Waals surface area (Å²) in [6, 6.07) is 0. The van der Waals surface area contributed by atoms with Gasteiger partial charge in [0.15, 0.2) is 0 Å². The van der Waals surface area contributed by atoms with Crippen molar-refractivity contribution in [2.45, 2.75) is 66.2 Å². The Labute approximate surface area is 77.7 Å². The van der Waals surface area contributed by atoms with Crippen molar-refractivity contribution in [2.75, 3.05) is 0 Å². The first-order chi connectivity index (χ1) is 5.54. The van der Waals surface area contributed by atoms with E-state index in [1.165, 1.54) is 38.5 Å². The summed E-state index contributed by atoms with van der Waals surface area (Å²) in [4.78, 5) is 0. The molecule has 0 heterocycles. The van der Waals surface area contributed by atoms with E-state index in [4.69, 9.17) is 0 Å². The van der Waals surface area contributed by atoms with Crippen molar-refractivity contribution >= 4 is 0 Å². The summed E-state index contributed by atoms with van der Waals surface area (Å²) in [5.74, 6) is 0. The van der Waals surface area contributed by atoms with Gasteiger partial charge in [-0.1, -0.05) is 40.5 Å². The van der Waals surface area contributed by atoms with Gasteiger partial charge in [0, 0.05) is 0 Å². The minimum Gasteiger partial charge on any atom is -0.0649 e. The molecule has 1 aliphatic rings. The third-order valence-corrected chi connectivity index (χ3v) is 4.16. The summed E-state index contributed by atoms with van der Waals surface area (Å²) >= 11 is 0. The molecule has 1 fully saturated rings. The van der Waals surface area contributed by atoms with Gasteiger partial charge in [0.25, 0.3) is 0 Å². The van der Waals surface area contributed by atoms with Crippen LogP contribution in [0.3, 0.4) is 0 Å². The lowest BCUT2D eigenvalue weighted by atomic mass is 9.63. The molecule has 0 spiro atoms. The van der Waals surface area contributed by atoms with E-state index in [9.17, 15) is 0 Å². The Hall–Kier alpha value is 0. The maximum atomic E-state index is 2.42. The average Bonchev–Trinajstić information content (AvgIpc) is 2.06. The van der Waals surface area contributed by atoms with E-state index >= 15 is 0 Å². The molecule has 0 aromatic rings. The zero-order valence-electron chi connectivity index (χ0n) is 9.24. The quantitative estimate of drug-likeness (QED) is 0.573. The molecule has 72 valence electrons. The van der Waals surface area contributed by atoms with E-state index < -0.39 is 0 Å². The van der Waals surface area contributed by atoms with Gasteiger partial charge in [0.2, 0.25) is 0 Å². The molecule has 1 aliphatic carbocycles. The molecule has 0 heteroatoms. The van der Waals surface area contributed by atoms with Crippen molar-refractivity contribution in [3.05, 3.63) is 0 Å². The summed E-state index contributed by atoms with van der Waals surface area (Å²) in [7, 11) is 0. The Kier molecular flexibility index (Phi) is 2.85. The maximum Gasteiger partial charge on any atom is -0.0302 e. The smallest absolute Gasteiger partial charge is 0.0302 e. The first kappa shape index (κ1) is 10.1. The highest BCUT2D eigenvalue weighted by Gasteiger charge is 2.35. The molecule has 12 heavy (non-hydrogen) atoms. The van der Waals surface area contributed by atoms with Crippen LogP contribution in [0.15, 0.2) is 0 Å². The topological polar surface area (TPSA) is 0 Å². The van der Waals surface area contributed by atoms with Gasteiger partial charge in [-0.25, -0.2) is 0 Å². The summed E-state index contributed by atoms with van der Waals surface area (Å²) < 4.78 is 0. The predicted octanol–water partition coefficient (Wildman–Crippen LogP) is 4.39. The molecular formula is C12H24. The Balaban J connectivity index is 2.53. The maximum absolute atomic E-state index is 2.42. The molecule has 0 aromatic carbocycles. The normalized spacial score (nSPS) is 27.0. The highest BCUT2D eigenvalue weighted by molar-refractivity contribution is 4.87. The van der Waals surface area contributed by atoms with Crippen LogP contribution in [0.2, 0.25) is 0 Å². The van der Waals surface area contributed by atoms with Gasteiger partial charge in [-0.3, -0.25) is 0 Å². The van der Waals surface area contributed by atoms with E-state index in [0.717, 1.165) is 5.41 Å². The van der Waals surface area contributed by atoms with Crippen LogP contribution in [-0.4, -0.2) is 0 Å². The fourth-order valence-electron chi connectivity index (χ4n) is 2.41. The van der Waals surface area contributed by atoms with Gasteiger partial charge >= 0.3 is 0 Å². The lowest BCUT2D eigenvalue weighted by Crippen LogP contribution is -2.30. The van der Waals surface area contributed by atoms with Crippen LogP contribution in [0, 0.1) is 10.8 Å². The fourth-order valence-corrected chi connectivity index (χ4v) is 2.41. The lowest BCUT2D eigenvalue weighted by Gasteiger charge is -2.43. The minimum absolute atomic E-state index is 0.633. The van der Waals surface area contributed by atoms with E-state index in [-0.39, 0.29) is 0 Å². The van der Waals surface area contributed by atoms with Gasteiger partial charge in [-0.05, 0) is 36.5 Å². The molecule has 0 radical (unpaired) electrons. The second-order valence-electron chi connectivity index (χ2n) is 5.37. The monoisotopic (exact) mass is 168 g/mol. The third-order valence-electron chi connectivity index (χ3n) is 4.16. The highest BCUT2D eigenvalue weighted by atomic mass is 14.4. The summed E-state index contributed by atoms with van der Waals surface area (Å²) in [6.45, 7) is 9.56. The Bertz CT molecular complexity index is 128. The number of rotatable bonds is 2. The van der Waals surface area contributed by atoms with Gasteiger partial charge in [0.1, 0.15) is 0 Å². The van der Waals surface area contributed by atoms with Gasteiger partial charge in [0.05, 0.1) is 0 Å². The zero-order valence-corrected chi connectivity index (χ0v) is 9.24. The van der Waals surface area contributed by atoms with E-state index in [1.54, 1.807) is 0 Å². The molecule has 0 unspecified atom stereocenters. The standard InChI is InChI=1S/C12H24/c1-5-12(6-2)9-7-11(3,4)8-10-12/h5-10H2,1-4H3. The Morgan fingerprint density at radius 1 is 0.833 bits per heavy atom. The van der Waals surface area contributed by atoms with Gasteiger partial charge in [-0.15, -0.1) is 0 Å². The molecule has 0 aromatic heterocycles. The molecule has 0 amide bonds. The van der Waals surface area contributed by atoms with Crippen molar-refractivity contribution in [1.29, 1.82) is 0 Å². The number of hydrogen-bond donors (Lipinski definition) is 0. The first-order valence-electron chi connectivity index (χ1n) is 5.54. The van der Waals surface area contributed by atoms with Gasteiger partial charge < -0.3 is 0 Å². The van der Waals surface area contributed by atoms with Crippen LogP contribution in [-0.2, 0) is 0 Å². The van der Waals surface area contributed by atoms with E-state index in [2.05, 4.69) is 27.7 Å². The molecule has 1 rings (SSSR count). The average molecular weight is 168 g/mol. The van der Waals surface area contributed by atoms with Gasteiger partial charge in [-0.2, -0.15) is 0 Å². The van der Waals surface area contributed by atoms with Crippen LogP contribution in [0.5, 0.6) is 0 Å². The fraction of sp³-hybridized carbons (Fsp3) is 1.00. The van der Waals surface area contributed by atoms with Crippen LogP contribution < -0.4 is 0 Å². The Morgan fingerprint density at radius 3 is 1.58 bits per heavy atom. The van der Waals surface area contributed by atoms with Crippen LogP contribution in [0.25, 0.3) is 0 Å². The van der Waals surface area contributed by atoms with E-state index in [1.807, 2.05) is 0 Å². The van der Waals surface area contributed by atoms with E-state index in [0.29, 0.717) is 5.41 Å². The molecule has 1 saturated carbocycles. The third kappa shape index (κ3) is 2.02. The highest BCUT2D eigenvalue weighted by Crippen LogP contribution is 2.48. The molecule has 0 nitrogen and oxygen atoms in total. The zero-order chi connectivity index (χ0) is 9.24. The second-order valence-corrected chi connectivity index (χ2v) is 5.37. The molecule has 0 saturated heterocycles. The first-order valence-corrected chi connectivity index (χ1v) is 5.54. The minimum atomic E-state index is 0.633. The van der Waals surface area contributed by atoms with Crippen LogP contribution >= 0.6 is 0 Å². The lowest BCUT2D eigenvalue weighted by molar-refractivity contribution is 0.0930. The molecule has 0 atom stereocenters. The van der Waals surface area contributed by atoms with Crippen LogP contribution in [0.1, 0.15) is 66.2 Å². The molecule has 0 aliphatic heterocycles. The molecular weight excluding hydrogens is 144 g/mol. The number of hydrogen-bond acceptors (Lipinski definition) is 0. The largest absolute Gasteiger partial charge is 0.0649 e. The van der Waals surface area contributed by atoms with Crippen molar-refractivity contribution in [3.63, 3.8) is 0 Å².